The van der Waals surface area contributed by atoms with Crippen molar-refractivity contribution in [2.75, 3.05) is 11.9 Å². The van der Waals surface area contributed by atoms with Crippen LogP contribution in [-0.2, 0) is 0 Å². The van der Waals surface area contributed by atoms with Gasteiger partial charge in [-0.25, -0.2) is 0 Å². The first kappa shape index (κ1) is 13.3. The van der Waals surface area contributed by atoms with Crippen molar-refractivity contribution in [3.63, 3.8) is 0 Å². The zero-order valence-electron chi connectivity index (χ0n) is 10.4. The third-order valence-electron chi connectivity index (χ3n) is 2.44. The minimum absolute atomic E-state index is 0.147. The van der Waals surface area contributed by atoms with Gasteiger partial charge in [-0.15, -0.1) is 11.3 Å². The second kappa shape index (κ2) is 6.14. The topological polar surface area (TPSA) is 68.0 Å². The fraction of sp³-hybridized carbons (Fsp3) is 0.143. The molecule has 3 N–H and O–H groups in total. The van der Waals surface area contributed by atoms with E-state index in [1.807, 2.05) is 6.92 Å². The average molecular weight is 271 g/mol. The van der Waals surface area contributed by atoms with Gasteiger partial charge in [0.05, 0.1) is 17.0 Å². The van der Waals surface area contributed by atoms with Crippen molar-refractivity contribution in [1.82, 2.24) is 4.98 Å². The molecule has 0 atom stereocenters. The molecule has 19 heavy (non-hydrogen) atoms. The van der Waals surface area contributed by atoms with Crippen molar-refractivity contribution < 1.29 is 4.79 Å². The predicted molar refractivity (Wildman–Crippen MR) is 77.2 cm³/mol. The molecule has 4 nitrogen and oxygen atoms in total. The number of rotatable bonds is 2. The van der Waals surface area contributed by atoms with Gasteiger partial charge in [-0.2, -0.15) is 0 Å². The van der Waals surface area contributed by atoms with E-state index in [4.69, 9.17) is 5.73 Å². The Kier molecular flexibility index (Phi) is 4.29. The van der Waals surface area contributed by atoms with E-state index in [1.54, 1.807) is 29.9 Å². The number of pyridine rings is 1. The number of thiophene rings is 1. The van der Waals surface area contributed by atoms with Gasteiger partial charge in [0.25, 0.3) is 5.91 Å². The highest BCUT2D eigenvalue weighted by molar-refractivity contribution is 7.10. The number of anilines is 1. The maximum atomic E-state index is 12.1. The van der Waals surface area contributed by atoms with Crippen molar-refractivity contribution in [2.24, 2.45) is 5.73 Å². The van der Waals surface area contributed by atoms with Gasteiger partial charge >= 0.3 is 0 Å². The smallest absolute Gasteiger partial charge is 0.256 e. The summed E-state index contributed by atoms with van der Waals surface area (Å²) in [4.78, 5) is 16.9. The van der Waals surface area contributed by atoms with Crippen LogP contribution in [0.2, 0.25) is 0 Å². The number of aromatic nitrogens is 1. The first-order valence-electron chi connectivity index (χ1n) is 5.70. The van der Waals surface area contributed by atoms with Crippen LogP contribution in [-0.4, -0.2) is 17.4 Å². The molecular formula is C14H13N3OS. The van der Waals surface area contributed by atoms with E-state index in [2.05, 4.69) is 22.1 Å². The molecule has 0 aliphatic heterocycles. The summed E-state index contributed by atoms with van der Waals surface area (Å²) in [5, 5.41) is 4.63. The largest absolute Gasteiger partial charge is 0.322 e. The molecule has 2 aromatic rings. The van der Waals surface area contributed by atoms with Gasteiger partial charge in [-0.05, 0) is 24.6 Å². The number of nitrogens with one attached hydrogen (secondary N) is 1. The van der Waals surface area contributed by atoms with Gasteiger partial charge in [0, 0.05) is 23.5 Å². The second-order valence-corrected chi connectivity index (χ2v) is 4.76. The SMILES string of the molecule is Cc1cnccc1NC(=O)c1csc(C#CCN)c1. The summed E-state index contributed by atoms with van der Waals surface area (Å²) >= 11 is 1.43. The highest BCUT2D eigenvalue weighted by Gasteiger charge is 2.09. The molecule has 2 rings (SSSR count). The summed E-state index contributed by atoms with van der Waals surface area (Å²) < 4.78 is 0. The molecular weight excluding hydrogens is 258 g/mol. The molecule has 0 aromatic carbocycles. The van der Waals surface area contributed by atoms with Gasteiger partial charge < -0.3 is 11.1 Å². The molecule has 0 aliphatic carbocycles. The predicted octanol–water partition coefficient (Wildman–Crippen LogP) is 2.01. The minimum Gasteiger partial charge on any atom is -0.322 e. The molecule has 0 saturated heterocycles. The fourth-order valence-corrected chi connectivity index (χ4v) is 2.22. The van der Waals surface area contributed by atoms with Gasteiger partial charge in [-0.1, -0.05) is 11.8 Å². The lowest BCUT2D eigenvalue weighted by molar-refractivity contribution is 0.102. The normalized spacial score (nSPS) is 9.58. The van der Waals surface area contributed by atoms with E-state index in [9.17, 15) is 4.79 Å². The van der Waals surface area contributed by atoms with Gasteiger partial charge in [0.15, 0.2) is 0 Å². The molecule has 0 saturated carbocycles. The van der Waals surface area contributed by atoms with Crippen LogP contribution in [0.25, 0.3) is 0 Å². The van der Waals surface area contributed by atoms with Crippen LogP contribution in [0, 0.1) is 18.8 Å². The van der Waals surface area contributed by atoms with Crippen LogP contribution in [0.3, 0.4) is 0 Å². The maximum Gasteiger partial charge on any atom is 0.256 e. The van der Waals surface area contributed by atoms with Crippen LogP contribution < -0.4 is 11.1 Å². The third-order valence-corrected chi connectivity index (χ3v) is 3.29. The van der Waals surface area contributed by atoms with E-state index in [0.717, 1.165) is 16.1 Å². The minimum atomic E-state index is -0.147. The standard InChI is InChI=1S/C14H13N3OS/c1-10-8-16-6-4-13(10)17-14(18)11-7-12(19-9-11)3-2-5-15/h4,6-9H,5,15H2,1H3,(H,16,17,18). The lowest BCUT2D eigenvalue weighted by Crippen LogP contribution is -2.11. The Hall–Kier alpha value is -2.16. The maximum absolute atomic E-state index is 12.1. The van der Waals surface area contributed by atoms with E-state index >= 15 is 0 Å². The van der Waals surface area contributed by atoms with Crippen molar-refractivity contribution in [3.8, 4) is 11.8 Å². The Bertz CT molecular complexity index is 652. The van der Waals surface area contributed by atoms with Crippen molar-refractivity contribution in [1.29, 1.82) is 0 Å². The van der Waals surface area contributed by atoms with Crippen molar-refractivity contribution in [3.05, 3.63) is 45.9 Å². The number of hydrogen-bond donors (Lipinski definition) is 2. The Morgan fingerprint density at radius 2 is 2.42 bits per heavy atom. The van der Waals surface area contributed by atoms with Crippen LogP contribution in [0.15, 0.2) is 29.9 Å². The van der Waals surface area contributed by atoms with Crippen LogP contribution >= 0.6 is 11.3 Å². The lowest BCUT2D eigenvalue weighted by Gasteiger charge is -2.05. The molecule has 0 fully saturated rings. The van der Waals surface area contributed by atoms with Crippen LogP contribution in [0.4, 0.5) is 5.69 Å². The quantitative estimate of drug-likeness (QED) is 0.821. The lowest BCUT2D eigenvalue weighted by atomic mass is 10.2. The third kappa shape index (κ3) is 3.41. The molecule has 96 valence electrons. The molecule has 0 aliphatic rings. The molecule has 0 unspecified atom stereocenters. The van der Waals surface area contributed by atoms with Crippen LogP contribution in [0.1, 0.15) is 20.8 Å². The van der Waals surface area contributed by atoms with Gasteiger partial charge in [-0.3, -0.25) is 9.78 Å². The molecule has 2 heterocycles. The number of carbonyl (C=O) groups excluding carboxylic acids is 1. The molecule has 1 amide bonds. The van der Waals surface area contributed by atoms with E-state index in [1.165, 1.54) is 11.3 Å². The van der Waals surface area contributed by atoms with E-state index < -0.39 is 0 Å². The van der Waals surface area contributed by atoms with Crippen LogP contribution in [0.5, 0.6) is 0 Å². The fourth-order valence-electron chi connectivity index (χ4n) is 1.47. The summed E-state index contributed by atoms with van der Waals surface area (Å²) in [6.45, 7) is 2.21. The van der Waals surface area contributed by atoms with E-state index in [0.29, 0.717) is 12.1 Å². The number of nitrogens with two attached hydrogens (primary N) is 1. The second-order valence-electron chi connectivity index (χ2n) is 3.85. The molecule has 5 heteroatoms. The summed E-state index contributed by atoms with van der Waals surface area (Å²) in [6, 6.07) is 3.54. The Labute approximate surface area is 115 Å². The average Bonchev–Trinajstić information content (AvgIpc) is 2.88. The molecule has 0 spiro atoms. The first-order valence-corrected chi connectivity index (χ1v) is 6.58. The van der Waals surface area contributed by atoms with Gasteiger partial charge in [0.1, 0.15) is 0 Å². The zero-order chi connectivity index (χ0) is 13.7. The summed E-state index contributed by atoms with van der Waals surface area (Å²) in [6.07, 6.45) is 3.36. The molecule has 2 aromatic heterocycles. The number of amides is 1. The number of hydrogen-bond acceptors (Lipinski definition) is 4. The monoisotopic (exact) mass is 271 g/mol. The first-order chi connectivity index (χ1) is 9.20. The molecule has 0 radical (unpaired) electrons. The van der Waals surface area contributed by atoms with Crippen molar-refractivity contribution in [2.45, 2.75) is 6.92 Å². The summed E-state index contributed by atoms with van der Waals surface area (Å²) in [5.74, 6) is 5.53. The Morgan fingerprint density at radius 3 is 3.16 bits per heavy atom. The summed E-state index contributed by atoms with van der Waals surface area (Å²) in [5.41, 5.74) is 7.60. The number of aryl methyl sites for hydroxylation is 1. The number of nitrogens with zero attached hydrogens (tertiary/aromatic N) is 1. The highest BCUT2D eigenvalue weighted by atomic mass is 32.1. The number of carbonyl (C=O) groups is 1. The zero-order valence-corrected chi connectivity index (χ0v) is 11.3. The summed E-state index contributed by atoms with van der Waals surface area (Å²) in [7, 11) is 0. The van der Waals surface area contributed by atoms with Gasteiger partial charge in [0.2, 0.25) is 0 Å². The Morgan fingerprint density at radius 1 is 1.58 bits per heavy atom. The van der Waals surface area contributed by atoms with E-state index in [-0.39, 0.29) is 5.91 Å². The van der Waals surface area contributed by atoms with Crippen molar-refractivity contribution >= 4 is 22.9 Å². The Balaban J connectivity index is 2.12. The molecule has 0 bridgehead atoms. The highest BCUT2D eigenvalue weighted by Crippen LogP contribution is 2.17.